The third-order valence-electron chi connectivity index (χ3n) is 5.57. The Morgan fingerprint density at radius 1 is 1.04 bits per heavy atom. The number of nitrogens with zero attached hydrogens (tertiary/aromatic N) is 4. The number of benzene rings is 1. The summed E-state index contributed by atoms with van der Waals surface area (Å²) in [5.41, 5.74) is 2.80. The number of piperazine rings is 1. The Bertz CT molecular complexity index is 956. The summed E-state index contributed by atoms with van der Waals surface area (Å²) in [5.74, 6) is 0.912. The van der Waals surface area contributed by atoms with Crippen molar-refractivity contribution in [2.75, 3.05) is 26.2 Å². The largest absolute Gasteiger partial charge is 0.336 e. The number of pyridine rings is 1. The van der Waals surface area contributed by atoms with Crippen LogP contribution in [0.2, 0.25) is 0 Å². The normalized spacial score (nSPS) is 17.9. The zero-order valence-corrected chi connectivity index (χ0v) is 16.6. The highest BCUT2D eigenvalue weighted by molar-refractivity contribution is 7.98. The molecule has 2 aromatic heterocycles. The fourth-order valence-electron chi connectivity index (χ4n) is 3.88. The Kier molecular flexibility index (Phi) is 4.82. The molecule has 0 atom stereocenters. The van der Waals surface area contributed by atoms with Crippen molar-refractivity contribution in [2.24, 2.45) is 0 Å². The summed E-state index contributed by atoms with van der Waals surface area (Å²) < 4.78 is 2.03. The molecular weight excluding hydrogens is 368 g/mol. The molecule has 0 bridgehead atoms. The van der Waals surface area contributed by atoms with Gasteiger partial charge in [-0.2, -0.15) is 0 Å². The van der Waals surface area contributed by atoms with Crippen LogP contribution in [0.5, 0.6) is 0 Å². The van der Waals surface area contributed by atoms with Gasteiger partial charge in [-0.15, -0.1) is 11.8 Å². The maximum Gasteiger partial charge on any atom is 0.255 e. The van der Waals surface area contributed by atoms with Crippen LogP contribution in [0.15, 0.2) is 59.8 Å². The predicted molar refractivity (Wildman–Crippen MR) is 112 cm³/mol. The summed E-state index contributed by atoms with van der Waals surface area (Å²) in [6.07, 6.45) is 6.73. The second kappa shape index (κ2) is 7.60. The molecule has 0 N–H and O–H groups in total. The molecule has 1 aliphatic carbocycles. The number of aromatic nitrogens is 2. The number of fused-ring (bicyclic) bond motifs is 1. The Balaban J connectivity index is 1.27. The summed E-state index contributed by atoms with van der Waals surface area (Å²) in [4.78, 5) is 23.4. The Morgan fingerprint density at radius 3 is 2.61 bits per heavy atom. The van der Waals surface area contributed by atoms with Crippen molar-refractivity contribution in [1.82, 2.24) is 19.2 Å². The van der Waals surface area contributed by atoms with Crippen LogP contribution in [0, 0.1) is 0 Å². The molecule has 2 fully saturated rings. The van der Waals surface area contributed by atoms with Crippen LogP contribution < -0.4 is 0 Å². The van der Waals surface area contributed by atoms with Crippen molar-refractivity contribution < 1.29 is 4.79 Å². The number of amides is 1. The third-order valence-corrected chi connectivity index (χ3v) is 6.68. The molecule has 6 heteroatoms. The summed E-state index contributed by atoms with van der Waals surface area (Å²) in [5, 5.41) is 0. The second-order valence-electron chi connectivity index (χ2n) is 7.54. The average Bonchev–Trinajstić information content (AvgIpc) is 3.51. The van der Waals surface area contributed by atoms with E-state index in [9.17, 15) is 4.79 Å². The number of imidazole rings is 1. The van der Waals surface area contributed by atoms with Crippen LogP contribution in [-0.2, 0) is 5.75 Å². The van der Waals surface area contributed by atoms with E-state index in [-0.39, 0.29) is 5.91 Å². The number of rotatable bonds is 5. The molecular formula is C22H24N4OS. The molecule has 2 aliphatic rings. The van der Waals surface area contributed by atoms with Crippen LogP contribution in [-0.4, -0.2) is 57.3 Å². The van der Waals surface area contributed by atoms with E-state index >= 15 is 0 Å². The van der Waals surface area contributed by atoms with Crippen molar-refractivity contribution in [3.63, 3.8) is 0 Å². The standard InChI is InChI=1S/C22H24N4OS/c27-22(25-13-11-24(12-14-25)18-8-9-18)19-5-1-2-6-20(19)28-16-17-15-26-10-4-3-7-21(26)23-17/h1-7,10,15,18H,8-9,11-14,16H2. The fourth-order valence-corrected chi connectivity index (χ4v) is 4.81. The molecule has 28 heavy (non-hydrogen) atoms. The van der Waals surface area contributed by atoms with Gasteiger partial charge in [-0.1, -0.05) is 18.2 Å². The SMILES string of the molecule is O=C(c1ccccc1SCc1cn2ccccc2n1)N1CCN(C2CC2)CC1. The van der Waals surface area contributed by atoms with Gasteiger partial charge in [0, 0.05) is 55.3 Å². The lowest BCUT2D eigenvalue weighted by atomic mass is 10.2. The second-order valence-corrected chi connectivity index (χ2v) is 8.56. The zero-order valence-electron chi connectivity index (χ0n) is 15.8. The van der Waals surface area contributed by atoms with E-state index in [2.05, 4.69) is 16.1 Å². The molecule has 5 rings (SSSR count). The lowest BCUT2D eigenvalue weighted by molar-refractivity contribution is 0.0624. The first kappa shape index (κ1) is 17.8. The minimum atomic E-state index is 0.161. The van der Waals surface area contributed by atoms with Gasteiger partial charge in [0.2, 0.25) is 0 Å². The Labute approximate surface area is 169 Å². The molecule has 144 valence electrons. The first-order valence-corrected chi connectivity index (χ1v) is 10.9. The molecule has 0 unspecified atom stereocenters. The molecule has 1 amide bonds. The molecule has 3 heterocycles. The quantitative estimate of drug-likeness (QED) is 0.623. The number of carbonyl (C=O) groups excluding carboxylic acids is 1. The van der Waals surface area contributed by atoms with Gasteiger partial charge < -0.3 is 9.30 Å². The minimum absolute atomic E-state index is 0.161. The maximum absolute atomic E-state index is 13.1. The van der Waals surface area contributed by atoms with Crippen LogP contribution >= 0.6 is 11.8 Å². The van der Waals surface area contributed by atoms with Gasteiger partial charge in [0.15, 0.2) is 0 Å². The summed E-state index contributed by atoms with van der Waals surface area (Å²) in [6, 6.07) is 14.8. The maximum atomic E-state index is 13.1. The first-order valence-electron chi connectivity index (χ1n) is 9.96. The van der Waals surface area contributed by atoms with Gasteiger partial charge in [0.05, 0.1) is 11.3 Å². The minimum Gasteiger partial charge on any atom is -0.336 e. The van der Waals surface area contributed by atoms with Crippen LogP contribution in [0.4, 0.5) is 0 Å². The van der Waals surface area contributed by atoms with Crippen molar-refractivity contribution in [3.8, 4) is 0 Å². The van der Waals surface area contributed by atoms with Crippen LogP contribution in [0.1, 0.15) is 28.9 Å². The van der Waals surface area contributed by atoms with Crippen molar-refractivity contribution in [3.05, 3.63) is 66.1 Å². The van der Waals surface area contributed by atoms with Crippen LogP contribution in [0.3, 0.4) is 0 Å². The highest BCUT2D eigenvalue weighted by Gasteiger charge is 2.32. The van der Waals surface area contributed by atoms with Gasteiger partial charge in [0.25, 0.3) is 5.91 Å². The van der Waals surface area contributed by atoms with Gasteiger partial charge in [0.1, 0.15) is 5.65 Å². The zero-order chi connectivity index (χ0) is 18.9. The molecule has 1 aromatic carbocycles. The van der Waals surface area contributed by atoms with E-state index in [1.165, 1.54) is 12.8 Å². The fraction of sp³-hybridized carbons (Fsp3) is 0.364. The molecule has 0 radical (unpaired) electrons. The summed E-state index contributed by atoms with van der Waals surface area (Å²) >= 11 is 1.69. The number of hydrogen-bond donors (Lipinski definition) is 0. The van der Waals surface area contributed by atoms with Crippen molar-refractivity contribution in [1.29, 1.82) is 0 Å². The smallest absolute Gasteiger partial charge is 0.255 e. The van der Waals surface area contributed by atoms with E-state index in [1.54, 1.807) is 11.8 Å². The van der Waals surface area contributed by atoms with Gasteiger partial charge >= 0.3 is 0 Å². The number of thioether (sulfide) groups is 1. The lowest BCUT2D eigenvalue weighted by Gasteiger charge is -2.35. The lowest BCUT2D eigenvalue weighted by Crippen LogP contribution is -2.49. The molecule has 1 saturated heterocycles. The molecule has 1 saturated carbocycles. The van der Waals surface area contributed by atoms with E-state index in [0.29, 0.717) is 0 Å². The van der Waals surface area contributed by atoms with Crippen molar-refractivity contribution >= 4 is 23.3 Å². The highest BCUT2D eigenvalue weighted by atomic mass is 32.2. The molecule has 0 spiro atoms. The van der Waals surface area contributed by atoms with Gasteiger partial charge in [-0.25, -0.2) is 4.98 Å². The molecule has 3 aromatic rings. The molecule has 5 nitrogen and oxygen atoms in total. The first-order chi connectivity index (χ1) is 13.8. The van der Waals surface area contributed by atoms with Crippen molar-refractivity contribution in [2.45, 2.75) is 29.5 Å². The average molecular weight is 393 g/mol. The monoisotopic (exact) mass is 392 g/mol. The number of hydrogen-bond acceptors (Lipinski definition) is 4. The summed E-state index contributed by atoms with van der Waals surface area (Å²) in [6.45, 7) is 3.68. The van der Waals surface area contributed by atoms with Gasteiger partial charge in [-0.05, 0) is 37.1 Å². The molecule has 1 aliphatic heterocycles. The Hall–Kier alpha value is -2.31. The summed E-state index contributed by atoms with van der Waals surface area (Å²) in [7, 11) is 0. The van der Waals surface area contributed by atoms with E-state index in [4.69, 9.17) is 0 Å². The highest BCUT2D eigenvalue weighted by Crippen LogP contribution is 2.29. The third kappa shape index (κ3) is 3.66. The van der Waals surface area contributed by atoms with Gasteiger partial charge in [-0.3, -0.25) is 9.69 Å². The van der Waals surface area contributed by atoms with E-state index in [1.807, 2.05) is 58.0 Å². The topological polar surface area (TPSA) is 40.9 Å². The number of carbonyl (C=O) groups is 1. The predicted octanol–water partition coefficient (Wildman–Crippen LogP) is 3.55. The van der Waals surface area contributed by atoms with E-state index < -0.39 is 0 Å². The van der Waals surface area contributed by atoms with E-state index in [0.717, 1.165) is 59.8 Å². The Morgan fingerprint density at radius 2 is 1.82 bits per heavy atom. The van der Waals surface area contributed by atoms with Crippen LogP contribution in [0.25, 0.3) is 5.65 Å².